The van der Waals surface area contributed by atoms with Crippen LogP contribution < -0.4 is 11.1 Å². The van der Waals surface area contributed by atoms with Gasteiger partial charge in [-0.3, -0.25) is 4.79 Å². The summed E-state index contributed by atoms with van der Waals surface area (Å²) in [5, 5.41) is 3.35. The predicted molar refractivity (Wildman–Crippen MR) is 76.6 cm³/mol. The third-order valence-corrected chi connectivity index (χ3v) is 5.47. The third-order valence-electron chi connectivity index (χ3n) is 5.47. The van der Waals surface area contributed by atoms with E-state index in [2.05, 4.69) is 5.32 Å². The molecule has 0 unspecified atom stereocenters. The van der Waals surface area contributed by atoms with Gasteiger partial charge in [0.25, 0.3) is 0 Å². The van der Waals surface area contributed by atoms with Crippen LogP contribution in [0.5, 0.6) is 0 Å². The molecule has 3 fully saturated rings. The lowest BCUT2D eigenvalue weighted by Crippen LogP contribution is -2.43. The second-order valence-corrected chi connectivity index (χ2v) is 7.21. The summed E-state index contributed by atoms with van der Waals surface area (Å²) < 4.78 is 0. The van der Waals surface area contributed by atoms with E-state index in [4.69, 9.17) is 5.73 Å². The average molecular weight is 264 g/mol. The van der Waals surface area contributed by atoms with Gasteiger partial charge in [-0.1, -0.05) is 19.3 Å². The molecule has 19 heavy (non-hydrogen) atoms. The molecule has 3 rings (SSSR count). The van der Waals surface area contributed by atoms with Crippen LogP contribution in [0.1, 0.15) is 64.2 Å². The zero-order valence-electron chi connectivity index (χ0n) is 12.0. The fourth-order valence-electron chi connectivity index (χ4n) is 3.86. The Kier molecular flexibility index (Phi) is 3.84. The third kappa shape index (κ3) is 3.31. The lowest BCUT2D eigenvalue weighted by Gasteiger charge is -2.36. The second kappa shape index (κ2) is 5.43. The van der Waals surface area contributed by atoms with Crippen LogP contribution in [-0.4, -0.2) is 18.5 Å². The van der Waals surface area contributed by atoms with Gasteiger partial charge in [0.2, 0.25) is 5.91 Å². The van der Waals surface area contributed by atoms with Crippen LogP contribution in [0.25, 0.3) is 0 Å². The molecule has 0 aromatic carbocycles. The summed E-state index contributed by atoms with van der Waals surface area (Å²) in [5.74, 6) is 1.85. The smallest absolute Gasteiger partial charge is 0.220 e. The molecular formula is C16H28N2O. The molecule has 3 aliphatic carbocycles. The average Bonchev–Trinajstić information content (AvgIpc) is 3.30. The molecule has 0 radical (unpaired) electrons. The highest BCUT2D eigenvalue weighted by molar-refractivity contribution is 5.77. The Morgan fingerprint density at radius 2 is 1.68 bits per heavy atom. The van der Waals surface area contributed by atoms with E-state index in [1.165, 1.54) is 44.9 Å². The van der Waals surface area contributed by atoms with Gasteiger partial charge in [-0.05, 0) is 62.3 Å². The first kappa shape index (κ1) is 13.4. The number of nitrogens with one attached hydrogen (secondary N) is 1. The van der Waals surface area contributed by atoms with E-state index in [1.807, 2.05) is 0 Å². The van der Waals surface area contributed by atoms with E-state index in [1.54, 1.807) is 0 Å². The zero-order chi connectivity index (χ0) is 13.3. The molecular weight excluding hydrogens is 236 g/mol. The van der Waals surface area contributed by atoms with Crippen molar-refractivity contribution in [1.82, 2.24) is 5.32 Å². The lowest BCUT2D eigenvalue weighted by molar-refractivity contribution is -0.124. The van der Waals surface area contributed by atoms with Gasteiger partial charge in [0, 0.05) is 12.5 Å². The molecule has 3 N–H and O–H groups in total. The predicted octanol–water partition coefficient (Wildman–Crippen LogP) is 2.59. The minimum Gasteiger partial charge on any atom is -0.353 e. The van der Waals surface area contributed by atoms with Crippen molar-refractivity contribution in [2.45, 2.75) is 70.3 Å². The Morgan fingerprint density at radius 1 is 1.11 bits per heavy atom. The van der Waals surface area contributed by atoms with Gasteiger partial charge in [0.05, 0.1) is 0 Å². The number of rotatable bonds is 6. The molecule has 0 aromatic rings. The Bertz CT molecular complexity index is 316. The maximum Gasteiger partial charge on any atom is 0.220 e. The fourth-order valence-corrected chi connectivity index (χ4v) is 3.86. The van der Waals surface area contributed by atoms with Gasteiger partial charge >= 0.3 is 0 Å². The van der Waals surface area contributed by atoms with Gasteiger partial charge in [-0.25, -0.2) is 0 Å². The van der Waals surface area contributed by atoms with Crippen molar-refractivity contribution >= 4 is 5.91 Å². The molecule has 0 aromatic heterocycles. The van der Waals surface area contributed by atoms with Crippen molar-refractivity contribution < 1.29 is 4.79 Å². The van der Waals surface area contributed by atoms with Crippen LogP contribution in [0.15, 0.2) is 0 Å². The highest BCUT2D eigenvalue weighted by Crippen LogP contribution is 2.45. The maximum absolute atomic E-state index is 12.4. The summed E-state index contributed by atoms with van der Waals surface area (Å²) in [6.45, 7) is 0.679. The van der Waals surface area contributed by atoms with Gasteiger partial charge in [0.1, 0.15) is 0 Å². The summed E-state index contributed by atoms with van der Waals surface area (Å²) in [5.41, 5.74) is 6.09. The molecule has 0 aliphatic heterocycles. The monoisotopic (exact) mass is 264 g/mol. The number of hydrogen-bond acceptors (Lipinski definition) is 2. The summed E-state index contributed by atoms with van der Waals surface area (Å²) in [4.78, 5) is 12.4. The minimum absolute atomic E-state index is 0.111. The van der Waals surface area contributed by atoms with Crippen molar-refractivity contribution in [2.24, 2.45) is 23.0 Å². The largest absolute Gasteiger partial charge is 0.353 e. The number of hydrogen-bond donors (Lipinski definition) is 2. The number of nitrogens with two attached hydrogens (primary N) is 1. The van der Waals surface area contributed by atoms with E-state index < -0.39 is 0 Å². The fraction of sp³-hybridized carbons (Fsp3) is 0.938. The van der Waals surface area contributed by atoms with Gasteiger partial charge < -0.3 is 11.1 Å². The minimum atomic E-state index is 0.111. The molecule has 0 heterocycles. The highest BCUT2D eigenvalue weighted by Gasteiger charge is 2.43. The van der Waals surface area contributed by atoms with Crippen molar-refractivity contribution in [1.29, 1.82) is 0 Å². The van der Waals surface area contributed by atoms with E-state index in [0.29, 0.717) is 19.0 Å². The van der Waals surface area contributed by atoms with Crippen LogP contribution in [0.2, 0.25) is 0 Å². The van der Waals surface area contributed by atoms with E-state index in [-0.39, 0.29) is 11.3 Å². The van der Waals surface area contributed by atoms with Crippen molar-refractivity contribution in [3.63, 3.8) is 0 Å². The molecule has 0 saturated heterocycles. The molecule has 0 atom stereocenters. The van der Waals surface area contributed by atoms with Crippen molar-refractivity contribution in [2.75, 3.05) is 6.54 Å². The molecule has 3 nitrogen and oxygen atoms in total. The Morgan fingerprint density at radius 3 is 2.16 bits per heavy atom. The summed E-state index contributed by atoms with van der Waals surface area (Å²) in [6.07, 6.45) is 12.1. The first-order valence-electron chi connectivity index (χ1n) is 8.22. The quantitative estimate of drug-likeness (QED) is 0.774. The zero-order valence-corrected chi connectivity index (χ0v) is 12.0. The number of carbonyl (C=O) groups is 1. The van der Waals surface area contributed by atoms with Gasteiger partial charge in [0.15, 0.2) is 0 Å². The van der Waals surface area contributed by atoms with Crippen LogP contribution in [0.4, 0.5) is 0 Å². The van der Waals surface area contributed by atoms with Crippen LogP contribution in [-0.2, 0) is 4.79 Å². The summed E-state index contributed by atoms with van der Waals surface area (Å²) in [6, 6.07) is 0.492. The molecule has 3 saturated carbocycles. The molecule has 1 amide bonds. The van der Waals surface area contributed by atoms with Gasteiger partial charge in [-0.2, -0.15) is 0 Å². The molecule has 3 heteroatoms. The topological polar surface area (TPSA) is 55.1 Å². The van der Waals surface area contributed by atoms with E-state index in [0.717, 1.165) is 24.7 Å². The lowest BCUT2D eigenvalue weighted by atomic mass is 9.71. The van der Waals surface area contributed by atoms with Crippen molar-refractivity contribution in [3.05, 3.63) is 0 Å². The highest BCUT2D eigenvalue weighted by atomic mass is 16.1. The first-order chi connectivity index (χ1) is 9.22. The normalized spacial score (nSPS) is 26.4. The Balaban J connectivity index is 1.54. The van der Waals surface area contributed by atoms with E-state index >= 15 is 0 Å². The second-order valence-electron chi connectivity index (χ2n) is 7.21. The van der Waals surface area contributed by atoms with E-state index in [9.17, 15) is 4.79 Å². The molecule has 108 valence electrons. The first-order valence-corrected chi connectivity index (χ1v) is 8.22. The summed E-state index contributed by atoms with van der Waals surface area (Å²) >= 11 is 0. The van der Waals surface area contributed by atoms with Crippen molar-refractivity contribution in [3.8, 4) is 0 Å². The standard InChI is InChI=1S/C16H28N2O/c17-11-16(8-2-1-3-9-16)10-14(19)18-15(12-4-5-12)13-6-7-13/h12-13,15H,1-11,17H2,(H,18,19). The Labute approximate surface area is 116 Å². The SMILES string of the molecule is NCC1(CC(=O)NC(C2CC2)C2CC2)CCCCC1. The van der Waals surface area contributed by atoms with Crippen LogP contribution >= 0.6 is 0 Å². The molecule has 3 aliphatic rings. The number of amides is 1. The maximum atomic E-state index is 12.4. The van der Waals surface area contributed by atoms with Crippen LogP contribution in [0.3, 0.4) is 0 Å². The number of carbonyl (C=O) groups excluding carboxylic acids is 1. The molecule has 0 spiro atoms. The summed E-state index contributed by atoms with van der Waals surface area (Å²) in [7, 11) is 0. The Hall–Kier alpha value is -0.570. The van der Waals surface area contributed by atoms with Gasteiger partial charge in [-0.15, -0.1) is 0 Å². The van der Waals surface area contributed by atoms with Crippen LogP contribution in [0, 0.1) is 17.3 Å². The molecule has 0 bridgehead atoms.